The molecule has 3 amide bonds. The first-order chi connectivity index (χ1) is 11.7. The maximum atomic E-state index is 12.4. The molecule has 2 fully saturated rings. The van der Waals surface area contributed by atoms with E-state index in [1.54, 1.807) is 7.11 Å². The summed E-state index contributed by atoms with van der Waals surface area (Å²) in [5.74, 6) is 1.58. The minimum absolute atomic E-state index is 0.0973. The quantitative estimate of drug-likeness (QED) is 0.871. The van der Waals surface area contributed by atoms with Crippen molar-refractivity contribution in [1.29, 1.82) is 0 Å². The van der Waals surface area contributed by atoms with Gasteiger partial charge in [-0.05, 0) is 43.7 Å². The average Bonchev–Trinajstić information content (AvgIpc) is 3.45. The Hall–Kier alpha value is -2.24. The van der Waals surface area contributed by atoms with Crippen LogP contribution in [0.4, 0.5) is 10.5 Å². The number of urea groups is 1. The van der Waals surface area contributed by atoms with E-state index >= 15 is 0 Å². The standard InChI is InChI=1S/C18H25N3O3/c1-24-16-5-3-2-4-15(16)20-18(23)21-10-8-13(9-11-21)12-19-17(22)14-6-7-14/h2-5,13-14H,6-12H2,1H3,(H,19,22)(H,20,23). The van der Waals surface area contributed by atoms with Crippen molar-refractivity contribution in [2.45, 2.75) is 25.7 Å². The molecule has 1 aromatic rings. The van der Waals surface area contributed by atoms with Crippen LogP contribution in [0.3, 0.4) is 0 Å². The molecule has 0 bridgehead atoms. The number of nitrogens with one attached hydrogen (secondary N) is 2. The Bertz CT molecular complexity index is 593. The number of piperidine rings is 1. The number of carbonyl (C=O) groups excluding carboxylic acids is 2. The van der Waals surface area contributed by atoms with E-state index in [-0.39, 0.29) is 17.9 Å². The van der Waals surface area contributed by atoms with E-state index < -0.39 is 0 Å². The lowest BCUT2D eigenvalue weighted by atomic mass is 9.97. The summed E-state index contributed by atoms with van der Waals surface area (Å²) >= 11 is 0. The highest BCUT2D eigenvalue weighted by molar-refractivity contribution is 5.91. The number of nitrogens with zero attached hydrogens (tertiary/aromatic N) is 1. The molecule has 0 aromatic heterocycles. The number of likely N-dealkylation sites (tertiary alicyclic amines) is 1. The summed E-state index contributed by atoms with van der Waals surface area (Å²) in [6.07, 6.45) is 3.91. The Morgan fingerprint density at radius 3 is 2.54 bits per heavy atom. The van der Waals surface area contributed by atoms with Crippen molar-refractivity contribution in [1.82, 2.24) is 10.2 Å². The van der Waals surface area contributed by atoms with Gasteiger partial charge in [0.2, 0.25) is 5.91 Å². The normalized spacial score (nSPS) is 18.1. The van der Waals surface area contributed by atoms with Crippen LogP contribution in [0.2, 0.25) is 0 Å². The van der Waals surface area contributed by atoms with Crippen LogP contribution in [0.1, 0.15) is 25.7 Å². The van der Waals surface area contributed by atoms with Gasteiger partial charge in [-0.15, -0.1) is 0 Å². The van der Waals surface area contributed by atoms with Crippen molar-refractivity contribution < 1.29 is 14.3 Å². The minimum Gasteiger partial charge on any atom is -0.495 e. The first-order valence-electron chi connectivity index (χ1n) is 8.64. The third-order valence-corrected chi connectivity index (χ3v) is 4.76. The molecule has 1 saturated carbocycles. The van der Waals surface area contributed by atoms with Crippen molar-refractivity contribution in [3.05, 3.63) is 24.3 Å². The van der Waals surface area contributed by atoms with Crippen molar-refractivity contribution in [3.8, 4) is 5.75 Å². The van der Waals surface area contributed by atoms with E-state index in [4.69, 9.17) is 4.74 Å². The van der Waals surface area contributed by atoms with Crippen LogP contribution in [-0.2, 0) is 4.79 Å². The SMILES string of the molecule is COc1ccccc1NC(=O)N1CCC(CNC(=O)C2CC2)CC1. The van der Waals surface area contributed by atoms with Gasteiger partial charge in [-0.1, -0.05) is 12.1 Å². The van der Waals surface area contributed by atoms with Crippen molar-refractivity contribution >= 4 is 17.6 Å². The highest BCUT2D eigenvalue weighted by Gasteiger charge is 2.30. The summed E-state index contributed by atoms with van der Waals surface area (Å²) in [5.41, 5.74) is 0.684. The lowest BCUT2D eigenvalue weighted by Crippen LogP contribution is -2.43. The zero-order valence-electron chi connectivity index (χ0n) is 14.1. The van der Waals surface area contributed by atoms with Crippen LogP contribution >= 0.6 is 0 Å². The van der Waals surface area contributed by atoms with E-state index in [0.29, 0.717) is 30.4 Å². The van der Waals surface area contributed by atoms with Crippen LogP contribution in [0, 0.1) is 11.8 Å². The molecule has 6 nitrogen and oxygen atoms in total. The fraction of sp³-hybridized carbons (Fsp3) is 0.556. The number of rotatable bonds is 5. The molecule has 24 heavy (non-hydrogen) atoms. The fourth-order valence-electron chi connectivity index (χ4n) is 3.02. The minimum atomic E-state index is -0.0973. The fourth-order valence-corrected chi connectivity index (χ4v) is 3.02. The summed E-state index contributed by atoms with van der Waals surface area (Å²) in [6.45, 7) is 2.16. The molecule has 3 rings (SSSR count). The molecular formula is C18H25N3O3. The third-order valence-electron chi connectivity index (χ3n) is 4.76. The van der Waals surface area contributed by atoms with Crippen LogP contribution < -0.4 is 15.4 Å². The molecule has 2 aliphatic rings. The van der Waals surface area contributed by atoms with E-state index in [0.717, 1.165) is 32.2 Å². The number of ether oxygens (including phenoxy) is 1. The molecule has 0 radical (unpaired) electrons. The van der Waals surface area contributed by atoms with E-state index in [2.05, 4.69) is 10.6 Å². The van der Waals surface area contributed by atoms with Crippen LogP contribution in [-0.4, -0.2) is 43.6 Å². The second-order valence-corrected chi connectivity index (χ2v) is 6.58. The van der Waals surface area contributed by atoms with Crippen molar-refractivity contribution in [3.63, 3.8) is 0 Å². The number of methoxy groups -OCH3 is 1. The summed E-state index contributed by atoms with van der Waals surface area (Å²) in [6, 6.07) is 7.30. The molecule has 0 atom stereocenters. The number of para-hydroxylation sites is 2. The van der Waals surface area contributed by atoms with Gasteiger partial charge in [0.25, 0.3) is 0 Å². The van der Waals surface area contributed by atoms with Gasteiger partial charge in [0.1, 0.15) is 5.75 Å². The number of amides is 3. The molecule has 2 N–H and O–H groups in total. The zero-order chi connectivity index (χ0) is 16.9. The second-order valence-electron chi connectivity index (χ2n) is 6.58. The van der Waals surface area contributed by atoms with Crippen molar-refractivity contribution in [2.75, 3.05) is 32.1 Å². The predicted molar refractivity (Wildman–Crippen MR) is 92.0 cm³/mol. The van der Waals surface area contributed by atoms with E-state index in [9.17, 15) is 9.59 Å². The van der Waals surface area contributed by atoms with Crippen LogP contribution in [0.25, 0.3) is 0 Å². The maximum absolute atomic E-state index is 12.4. The topological polar surface area (TPSA) is 70.7 Å². The number of benzene rings is 1. The van der Waals surface area contributed by atoms with Gasteiger partial charge >= 0.3 is 6.03 Å². The highest BCUT2D eigenvalue weighted by Crippen LogP contribution is 2.29. The molecule has 1 aromatic carbocycles. The summed E-state index contributed by atoms with van der Waals surface area (Å²) < 4.78 is 5.26. The number of carbonyl (C=O) groups is 2. The molecular weight excluding hydrogens is 306 g/mol. The maximum Gasteiger partial charge on any atom is 0.321 e. The lowest BCUT2D eigenvalue weighted by molar-refractivity contribution is -0.122. The molecule has 0 spiro atoms. The van der Waals surface area contributed by atoms with E-state index in [1.807, 2.05) is 29.2 Å². The Kier molecular flexibility index (Phi) is 5.23. The predicted octanol–water partition coefficient (Wildman–Crippen LogP) is 2.47. The average molecular weight is 331 g/mol. The van der Waals surface area contributed by atoms with Gasteiger partial charge in [-0.3, -0.25) is 4.79 Å². The second kappa shape index (κ2) is 7.55. The monoisotopic (exact) mass is 331 g/mol. The van der Waals surface area contributed by atoms with Crippen LogP contribution in [0.5, 0.6) is 5.75 Å². The molecule has 6 heteroatoms. The van der Waals surface area contributed by atoms with Gasteiger partial charge in [-0.25, -0.2) is 4.79 Å². The Morgan fingerprint density at radius 1 is 1.17 bits per heavy atom. The van der Waals surface area contributed by atoms with E-state index in [1.165, 1.54) is 0 Å². The lowest BCUT2D eigenvalue weighted by Gasteiger charge is -2.32. The molecule has 1 aliphatic carbocycles. The Balaban J connectivity index is 1.43. The number of hydrogen-bond donors (Lipinski definition) is 2. The number of anilines is 1. The van der Waals surface area contributed by atoms with Gasteiger partial charge in [-0.2, -0.15) is 0 Å². The third kappa shape index (κ3) is 4.19. The molecule has 1 heterocycles. The van der Waals surface area contributed by atoms with Gasteiger partial charge in [0.15, 0.2) is 0 Å². The summed E-state index contributed by atoms with van der Waals surface area (Å²) in [5, 5.41) is 5.95. The smallest absolute Gasteiger partial charge is 0.321 e. The number of hydrogen-bond acceptors (Lipinski definition) is 3. The van der Waals surface area contributed by atoms with Gasteiger partial charge in [0, 0.05) is 25.6 Å². The first kappa shape index (κ1) is 16.6. The summed E-state index contributed by atoms with van der Waals surface area (Å²) in [7, 11) is 1.59. The zero-order valence-corrected chi connectivity index (χ0v) is 14.1. The molecule has 130 valence electrons. The highest BCUT2D eigenvalue weighted by atomic mass is 16.5. The van der Waals surface area contributed by atoms with Gasteiger partial charge < -0.3 is 20.3 Å². The first-order valence-corrected chi connectivity index (χ1v) is 8.64. The Labute approximate surface area is 142 Å². The summed E-state index contributed by atoms with van der Waals surface area (Å²) in [4.78, 5) is 25.9. The van der Waals surface area contributed by atoms with Crippen molar-refractivity contribution in [2.24, 2.45) is 11.8 Å². The van der Waals surface area contributed by atoms with Crippen LogP contribution in [0.15, 0.2) is 24.3 Å². The molecule has 1 saturated heterocycles. The molecule has 0 unspecified atom stereocenters. The Morgan fingerprint density at radius 2 is 1.88 bits per heavy atom. The van der Waals surface area contributed by atoms with Gasteiger partial charge in [0.05, 0.1) is 12.8 Å². The molecule has 1 aliphatic heterocycles. The largest absolute Gasteiger partial charge is 0.495 e.